The topological polar surface area (TPSA) is 40.5 Å². The predicted octanol–water partition coefficient (Wildman–Crippen LogP) is 5.00. The second kappa shape index (κ2) is 10.2. The molecule has 1 atom stereocenters. The van der Waals surface area contributed by atoms with Crippen molar-refractivity contribution < 1.29 is 14.3 Å². The second-order valence-electron chi connectivity index (χ2n) is 7.94. The summed E-state index contributed by atoms with van der Waals surface area (Å²) in [4.78, 5) is 14.6. The molecule has 0 fully saturated rings. The first-order chi connectivity index (χ1) is 14.6. The zero-order valence-corrected chi connectivity index (χ0v) is 18.2. The maximum atomic E-state index is 13.1. The van der Waals surface area contributed by atoms with E-state index in [1.165, 1.54) is 24.3 Å². The zero-order valence-electron chi connectivity index (χ0n) is 17.3. The highest BCUT2D eigenvalue weighted by Crippen LogP contribution is 2.35. The lowest BCUT2D eigenvalue weighted by molar-refractivity contribution is 0.0404. The number of halogens is 2. The molecular formula is C26H27ClFNO2. The first-order valence-electron chi connectivity index (χ1n) is 10.4. The summed E-state index contributed by atoms with van der Waals surface area (Å²) in [7, 11) is 0. The van der Waals surface area contributed by atoms with Gasteiger partial charge in [0, 0.05) is 25.1 Å². The number of carbonyl (C=O) groups is 1. The van der Waals surface area contributed by atoms with E-state index in [1.807, 2.05) is 48.5 Å². The molecule has 4 rings (SSSR count). The van der Waals surface area contributed by atoms with Crippen LogP contribution in [0.4, 0.5) is 4.39 Å². The number of rotatable bonds is 6. The number of hydrogen-bond donors (Lipinski definition) is 1. The Morgan fingerprint density at radius 2 is 1.65 bits per heavy atom. The van der Waals surface area contributed by atoms with Gasteiger partial charge < -0.3 is 5.11 Å². The Morgan fingerprint density at radius 1 is 0.968 bits per heavy atom. The first kappa shape index (κ1) is 23.1. The predicted molar refractivity (Wildman–Crippen MR) is 123 cm³/mol. The van der Waals surface area contributed by atoms with Crippen LogP contribution in [0.15, 0.2) is 78.9 Å². The Bertz CT molecular complexity index is 1010. The van der Waals surface area contributed by atoms with Crippen LogP contribution < -0.4 is 0 Å². The highest BCUT2D eigenvalue weighted by Gasteiger charge is 2.37. The molecule has 0 radical (unpaired) electrons. The maximum absolute atomic E-state index is 13.1. The van der Waals surface area contributed by atoms with Gasteiger partial charge in [-0.05, 0) is 60.3 Å². The fraction of sp³-hybridized carbons (Fsp3) is 0.269. The summed E-state index contributed by atoms with van der Waals surface area (Å²) >= 11 is 0. The van der Waals surface area contributed by atoms with Gasteiger partial charge in [-0.15, -0.1) is 12.4 Å². The van der Waals surface area contributed by atoms with E-state index in [-0.39, 0.29) is 24.0 Å². The van der Waals surface area contributed by atoms with Gasteiger partial charge in [0.05, 0.1) is 0 Å². The van der Waals surface area contributed by atoms with Gasteiger partial charge in [0.1, 0.15) is 11.4 Å². The molecule has 0 bridgehead atoms. The Balaban J connectivity index is 0.00000272. The van der Waals surface area contributed by atoms with Gasteiger partial charge >= 0.3 is 0 Å². The van der Waals surface area contributed by atoms with Gasteiger partial charge in [-0.3, -0.25) is 9.69 Å². The Kier molecular flexibility index (Phi) is 7.60. The third kappa shape index (κ3) is 5.21. The van der Waals surface area contributed by atoms with Gasteiger partial charge in [-0.25, -0.2) is 4.39 Å². The minimum Gasteiger partial charge on any atom is -0.379 e. The van der Waals surface area contributed by atoms with Crippen molar-refractivity contribution in [2.45, 2.75) is 24.9 Å². The van der Waals surface area contributed by atoms with Crippen molar-refractivity contribution in [3.8, 4) is 0 Å². The molecule has 31 heavy (non-hydrogen) atoms. The smallest absolute Gasteiger partial charge is 0.162 e. The molecule has 0 aromatic heterocycles. The van der Waals surface area contributed by atoms with Crippen LogP contribution in [0, 0.1) is 5.82 Å². The number of hydrogen-bond acceptors (Lipinski definition) is 3. The van der Waals surface area contributed by atoms with Crippen LogP contribution in [-0.2, 0) is 12.0 Å². The minimum absolute atomic E-state index is 0. The lowest BCUT2D eigenvalue weighted by Gasteiger charge is -2.33. The number of β-amino-alcohol motifs (C(OH)–C–C–N with tert-alkyl or cyclic N) is 1. The van der Waals surface area contributed by atoms with Crippen molar-refractivity contribution in [2.24, 2.45) is 0 Å². The standard InChI is InChI=1S/C26H26FNO2.ClH/c27-23-14-12-21(13-15-23)25(29)11-6-17-28-18-16-20-7-4-5-10-24(20)26(30,19-28)22-8-2-1-3-9-22;/h1-5,7-10,12-15,30H,6,11,16-19H2;1H. The molecule has 0 spiro atoms. The lowest BCUT2D eigenvalue weighted by Crippen LogP contribution is -2.41. The number of Topliss-reactive ketones (excluding diaryl/α,β-unsaturated/α-hetero) is 1. The molecule has 3 aromatic carbocycles. The Morgan fingerprint density at radius 3 is 2.39 bits per heavy atom. The Labute approximate surface area is 188 Å². The molecule has 1 aliphatic heterocycles. The van der Waals surface area contributed by atoms with Crippen molar-refractivity contribution >= 4 is 18.2 Å². The molecule has 3 nitrogen and oxygen atoms in total. The van der Waals surface area contributed by atoms with E-state index >= 15 is 0 Å². The van der Waals surface area contributed by atoms with E-state index in [4.69, 9.17) is 0 Å². The molecular weight excluding hydrogens is 413 g/mol. The van der Waals surface area contributed by atoms with Crippen LogP contribution in [0.25, 0.3) is 0 Å². The van der Waals surface area contributed by atoms with Crippen LogP contribution in [0.2, 0.25) is 0 Å². The van der Waals surface area contributed by atoms with Gasteiger partial charge in [-0.1, -0.05) is 54.6 Å². The lowest BCUT2D eigenvalue weighted by atomic mass is 9.83. The van der Waals surface area contributed by atoms with Crippen LogP contribution >= 0.6 is 12.4 Å². The molecule has 1 unspecified atom stereocenters. The minimum atomic E-state index is -1.09. The summed E-state index contributed by atoms with van der Waals surface area (Å²) < 4.78 is 13.1. The monoisotopic (exact) mass is 439 g/mol. The SMILES string of the molecule is Cl.O=C(CCCN1CCc2ccccc2C(O)(c2ccccc2)C1)c1ccc(F)cc1. The number of benzene rings is 3. The van der Waals surface area contributed by atoms with Crippen molar-refractivity contribution in [3.05, 3.63) is 107 Å². The summed E-state index contributed by atoms with van der Waals surface area (Å²) in [5.74, 6) is -0.317. The van der Waals surface area contributed by atoms with Crippen LogP contribution in [0.1, 0.15) is 39.9 Å². The van der Waals surface area contributed by atoms with E-state index < -0.39 is 5.60 Å². The van der Waals surface area contributed by atoms with E-state index in [0.29, 0.717) is 24.9 Å². The molecule has 1 heterocycles. The summed E-state index contributed by atoms with van der Waals surface area (Å²) in [6, 6.07) is 23.6. The number of fused-ring (bicyclic) bond motifs is 1. The Hall–Kier alpha value is -2.53. The average Bonchev–Trinajstić information content (AvgIpc) is 2.92. The first-order valence-corrected chi connectivity index (χ1v) is 10.4. The highest BCUT2D eigenvalue weighted by molar-refractivity contribution is 5.95. The highest BCUT2D eigenvalue weighted by atomic mass is 35.5. The van der Waals surface area contributed by atoms with E-state index in [2.05, 4.69) is 11.0 Å². The molecule has 1 N–H and O–H groups in total. The zero-order chi connectivity index (χ0) is 21.0. The van der Waals surface area contributed by atoms with Crippen LogP contribution in [0.3, 0.4) is 0 Å². The fourth-order valence-corrected chi connectivity index (χ4v) is 4.30. The number of carbonyl (C=O) groups excluding carboxylic acids is 1. The van der Waals surface area contributed by atoms with Crippen molar-refractivity contribution in [1.29, 1.82) is 0 Å². The van der Waals surface area contributed by atoms with E-state index in [1.54, 1.807) is 0 Å². The molecule has 0 amide bonds. The van der Waals surface area contributed by atoms with Gasteiger partial charge in [0.2, 0.25) is 0 Å². The third-order valence-electron chi connectivity index (χ3n) is 5.91. The molecule has 162 valence electrons. The third-order valence-corrected chi connectivity index (χ3v) is 5.91. The van der Waals surface area contributed by atoms with Crippen molar-refractivity contribution in [1.82, 2.24) is 4.90 Å². The normalized spacial score (nSPS) is 18.5. The molecule has 0 saturated carbocycles. The van der Waals surface area contributed by atoms with E-state index in [9.17, 15) is 14.3 Å². The molecule has 1 aliphatic rings. The summed E-state index contributed by atoms with van der Waals surface area (Å²) in [6.07, 6.45) is 1.95. The second-order valence-corrected chi connectivity index (χ2v) is 7.94. The van der Waals surface area contributed by atoms with Gasteiger partial charge in [0.25, 0.3) is 0 Å². The fourth-order valence-electron chi connectivity index (χ4n) is 4.30. The number of aliphatic hydroxyl groups is 1. The number of ketones is 1. The molecule has 5 heteroatoms. The van der Waals surface area contributed by atoms with E-state index in [0.717, 1.165) is 36.2 Å². The molecule has 0 aliphatic carbocycles. The summed E-state index contributed by atoms with van der Waals surface area (Å²) in [6.45, 7) is 2.03. The number of nitrogens with zero attached hydrogens (tertiary/aromatic N) is 1. The largest absolute Gasteiger partial charge is 0.379 e. The van der Waals surface area contributed by atoms with Crippen molar-refractivity contribution in [3.63, 3.8) is 0 Å². The van der Waals surface area contributed by atoms with Crippen molar-refractivity contribution in [2.75, 3.05) is 19.6 Å². The average molecular weight is 440 g/mol. The van der Waals surface area contributed by atoms with Crippen LogP contribution in [-0.4, -0.2) is 35.4 Å². The van der Waals surface area contributed by atoms with Crippen LogP contribution in [0.5, 0.6) is 0 Å². The summed E-state index contributed by atoms with van der Waals surface area (Å²) in [5.41, 5.74) is 2.46. The van der Waals surface area contributed by atoms with Gasteiger partial charge in [-0.2, -0.15) is 0 Å². The molecule has 3 aromatic rings. The quantitative estimate of drug-likeness (QED) is 0.549. The summed E-state index contributed by atoms with van der Waals surface area (Å²) in [5, 5.41) is 11.8. The van der Waals surface area contributed by atoms with Gasteiger partial charge in [0.15, 0.2) is 5.78 Å². The molecule has 0 saturated heterocycles. The maximum Gasteiger partial charge on any atom is 0.162 e.